The molecule has 1 saturated heterocycles. The van der Waals surface area contributed by atoms with Crippen molar-refractivity contribution in [2.45, 2.75) is 91.5 Å². The number of amides is 1. The van der Waals surface area contributed by atoms with Crippen molar-refractivity contribution < 1.29 is 4.79 Å². The standard InChI is InChI=1S/C24H37NO/c1-5-6-7-8-9-10-19-11-13-20(14-12-19)22(26)25-18-24(4)16-21(25)15-23(2,3)17-24/h11-14,21H,5-10,15-18H2,1-4H3/t21-,24+/m1/s1. The second-order valence-electron chi connectivity index (χ2n) is 10.0. The molecule has 0 unspecified atom stereocenters. The fourth-order valence-electron chi connectivity index (χ4n) is 5.61. The first-order valence-corrected chi connectivity index (χ1v) is 10.7. The van der Waals surface area contributed by atoms with Crippen LogP contribution < -0.4 is 0 Å². The molecule has 2 fully saturated rings. The van der Waals surface area contributed by atoms with Crippen molar-refractivity contribution in [2.24, 2.45) is 10.8 Å². The van der Waals surface area contributed by atoms with E-state index < -0.39 is 0 Å². The van der Waals surface area contributed by atoms with Crippen LogP contribution in [0.2, 0.25) is 0 Å². The van der Waals surface area contributed by atoms with Gasteiger partial charge in [0.2, 0.25) is 0 Å². The van der Waals surface area contributed by atoms with Gasteiger partial charge in [0.05, 0.1) is 0 Å². The lowest BCUT2D eigenvalue weighted by molar-refractivity contribution is 0.0708. The van der Waals surface area contributed by atoms with E-state index >= 15 is 0 Å². The van der Waals surface area contributed by atoms with Crippen LogP contribution in [0.25, 0.3) is 0 Å². The molecule has 0 aromatic heterocycles. The maximum Gasteiger partial charge on any atom is 0.254 e. The summed E-state index contributed by atoms with van der Waals surface area (Å²) in [4.78, 5) is 15.3. The number of likely N-dealkylation sites (tertiary alicyclic amines) is 1. The van der Waals surface area contributed by atoms with Gasteiger partial charge in [-0.05, 0) is 60.6 Å². The number of fused-ring (bicyclic) bond motifs is 2. The van der Waals surface area contributed by atoms with E-state index in [-0.39, 0.29) is 5.91 Å². The molecule has 144 valence electrons. The van der Waals surface area contributed by atoms with Gasteiger partial charge in [0, 0.05) is 18.2 Å². The Bertz CT molecular complexity index is 618. The average Bonchev–Trinajstić information content (AvgIpc) is 2.83. The van der Waals surface area contributed by atoms with Gasteiger partial charge in [-0.2, -0.15) is 0 Å². The van der Waals surface area contributed by atoms with Gasteiger partial charge in [-0.25, -0.2) is 0 Å². The molecule has 0 N–H and O–H groups in total. The molecule has 1 aromatic carbocycles. The summed E-state index contributed by atoms with van der Waals surface area (Å²) in [6.07, 6.45) is 11.3. The van der Waals surface area contributed by atoms with Crippen molar-refractivity contribution in [1.82, 2.24) is 4.90 Å². The molecule has 2 atom stereocenters. The quantitative estimate of drug-likeness (QED) is 0.530. The molecule has 1 amide bonds. The Labute approximate surface area is 160 Å². The minimum absolute atomic E-state index is 0.242. The number of rotatable bonds is 7. The summed E-state index contributed by atoms with van der Waals surface area (Å²) >= 11 is 0. The third-order valence-corrected chi connectivity index (χ3v) is 6.45. The molecule has 1 aliphatic heterocycles. The predicted molar refractivity (Wildman–Crippen MR) is 109 cm³/mol. The summed E-state index contributed by atoms with van der Waals surface area (Å²) in [6.45, 7) is 10.3. The Morgan fingerprint density at radius 2 is 1.73 bits per heavy atom. The van der Waals surface area contributed by atoms with Crippen LogP contribution in [0, 0.1) is 10.8 Å². The molecule has 1 saturated carbocycles. The average molecular weight is 356 g/mol. The van der Waals surface area contributed by atoms with Gasteiger partial charge in [0.25, 0.3) is 5.91 Å². The normalized spacial score (nSPS) is 26.9. The monoisotopic (exact) mass is 355 g/mol. The number of nitrogens with zero attached hydrogens (tertiary/aromatic N) is 1. The molecule has 1 heterocycles. The van der Waals surface area contributed by atoms with Crippen LogP contribution >= 0.6 is 0 Å². The largest absolute Gasteiger partial charge is 0.335 e. The number of carbonyl (C=O) groups excluding carboxylic acids is 1. The number of carbonyl (C=O) groups is 1. The Kier molecular flexibility index (Phi) is 5.79. The molecule has 2 bridgehead atoms. The number of benzene rings is 1. The van der Waals surface area contributed by atoms with Crippen molar-refractivity contribution in [3.8, 4) is 0 Å². The van der Waals surface area contributed by atoms with E-state index in [0.717, 1.165) is 24.9 Å². The zero-order chi connectivity index (χ0) is 18.8. The summed E-state index contributed by atoms with van der Waals surface area (Å²) < 4.78 is 0. The van der Waals surface area contributed by atoms with Gasteiger partial charge in [0.15, 0.2) is 0 Å². The second-order valence-corrected chi connectivity index (χ2v) is 10.0. The predicted octanol–water partition coefficient (Wildman–Crippen LogP) is 6.24. The Balaban J connectivity index is 1.59. The maximum atomic E-state index is 13.1. The van der Waals surface area contributed by atoms with Gasteiger partial charge < -0.3 is 4.90 Å². The van der Waals surface area contributed by atoms with Crippen molar-refractivity contribution in [1.29, 1.82) is 0 Å². The summed E-state index contributed by atoms with van der Waals surface area (Å²) in [5.74, 6) is 0.242. The molecular weight excluding hydrogens is 318 g/mol. The molecule has 1 aliphatic carbocycles. The Hall–Kier alpha value is -1.31. The summed E-state index contributed by atoms with van der Waals surface area (Å²) in [5, 5.41) is 0. The van der Waals surface area contributed by atoms with Gasteiger partial charge in [-0.1, -0.05) is 65.5 Å². The Morgan fingerprint density at radius 3 is 2.42 bits per heavy atom. The molecule has 2 aliphatic rings. The molecule has 26 heavy (non-hydrogen) atoms. The molecule has 0 spiro atoms. The van der Waals surface area contributed by atoms with Crippen molar-refractivity contribution >= 4 is 5.91 Å². The maximum absolute atomic E-state index is 13.1. The van der Waals surface area contributed by atoms with E-state index in [0.29, 0.717) is 16.9 Å². The van der Waals surface area contributed by atoms with Gasteiger partial charge in [0.1, 0.15) is 0 Å². The first-order chi connectivity index (χ1) is 12.3. The van der Waals surface area contributed by atoms with Crippen molar-refractivity contribution in [2.75, 3.05) is 6.54 Å². The molecular formula is C24H37NO. The molecule has 1 aromatic rings. The zero-order valence-corrected chi connectivity index (χ0v) is 17.3. The van der Waals surface area contributed by atoms with Gasteiger partial charge in [-0.15, -0.1) is 0 Å². The molecule has 2 nitrogen and oxygen atoms in total. The lowest BCUT2D eigenvalue weighted by Gasteiger charge is -2.39. The lowest BCUT2D eigenvalue weighted by Crippen LogP contribution is -2.37. The van der Waals surface area contributed by atoms with Crippen molar-refractivity contribution in [3.05, 3.63) is 35.4 Å². The van der Waals surface area contributed by atoms with Crippen LogP contribution in [0.5, 0.6) is 0 Å². The molecule has 2 heteroatoms. The lowest BCUT2D eigenvalue weighted by atomic mass is 9.65. The van der Waals surface area contributed by atoms with Gasteiger partial charge in [-0.3, -0.25) is 4.79 Å². The SMILES string of the molecule is CCCCCCCc1ccc(C(=O)N2C[C@@]3(C)C[C@H]2CC(C)(C)C3)cc1. The van der Waals surface area contributed by atoms with E-state index in [1.165, 1.54) is 50.5 Å². The van der Waals surface area contributed by atoms with Gasteiger partial charge >= 0.3 is 0 Å². The van der Waals surface area contributed by atoms with Crippen LogP contribution in [-0.2, 0) is 6.42 Å². The smallest absolute Gasteiger partial charge is 0.254 e. The van der Waals surface area contributed by atoms with E-state index in [9.17, 15) is 4.79 Å². The van der Waals surface area contributed by atoms with Crippen LogP contribution in [0.3, 0.4) is 0 Å². The Morgan fingerprint density at radius 1 is 1.04 bits per heavy atom. The summed E-state index contributed by atoms with van der Waals surface area (Å²) in [6, 6.07) is 8.87. The molecule has 0 radical (unpaired) electrons. The number of hydrogen-bond acceptors (Lipinski definition) is 1. The molecule has 3 rings (SSSR count). The number of aryl methyl sites for hydroxylation is 1. The first-order valence-electron chi connectivity index (χ1n) is 10.7. The van der Waals surface area contributed by atoms with Crippen LogP contribution in [0.15, 0.2) is 24.3 Å². The third kappa shape index (κ3) is 4.50. The number of unbranched alkanes of at least 4 members (excludes halogenated alkanes) is 4. The minimum Gasteiger partial charge on any atom is -0.335 e. The first kappa shape index (κ1) is 19.5. The van der Waals surface area contributed by atoms with Crippen LogP contribution in [0.1, 0.15) is 95.0 Å². The van der Waals surface area contributed by atoms with Crippen LogP contribution in [0.4, 0.5) is 0 Å². The highest BCUT2D eigenvalue weighted by Gasteiger charge is 2.50. The van der Waals surface area contributed by atoms with Crippen LogP contribution in [-0.4, -0.2) is 23.4 Å². The second kappa shape index (κ2) is 7.74. The highest BCUT2D eigenvalue weighted by Crippen LogP contribution is 2.52. The zero-order valence-electron chi connectivity index (χ0n) is 17.3. The minimum atomic E-state index is 0.242. The fraction of sp³-hybridized carbons (Fsp3) is 0.708. The van der Waals surface area contributed by atoms with E-state index in [2.05, 4.69) is 56.9 Å². The fourth-order valence-corrected chi connectivity index (χ4v) is 5.61. The van der Waals surface area contributed by atoms with E-state index in [4.69, 9.17) is 0 Å². The third-order valence-electron chi connectivity index (χ3n) is 6.45. The van der Waals surface area contributed by atoms with Crippen molar-refractivity contribution in [3.63, 3.8) is 0 Å². The topological polar surface area (TPSA) is 20.3 Å². The van der Waals surface area contributed by atoms with E-state index in [1.807, 2.05) is 0 Å². The highest BCUT2D eigenvalue weighted by molar-refractivity contribution is 5.94. The highest BCUT2D eigenvalue weighted by atomic mass is 16.2. The number of hydrogen-bond donors (Lipinski definition) is 0. The summed E-state index contributed by atoms with van der Waals surface area (Å²) in [5.41, 5.74) is 2.90. The summed E-state index contributed by atoms with van der Waals surface area (Å²) in [7, 11) is 0. The van der Waals surface area contributed by atoms with E-state index in [1.54, 1.807) is 0 Å².